The molecule has 3 heterocycles. The number of halogens is 2. The zero-order valence-electron chi connectivity index (χ0n) is 10.9. The average Bonchev–Trinajstić information content (AvgIpc) is 3.02. The van der Waals surface area contributed by atoms with Crippen LogP contribution in [0.15, 0.2) is 29.7 Å². The van der Waals surface area contributed by atoms with Crippen molar-refractivity contribution < 1.29 is 4.74 Å². The Bertz CT molecular complexity index is 643. The second kappa shape index (κ2) is 5.84. The first-order chi connectivity index (χ1) is 9.70. The summed E-state index contributed by atoms with van der Waals surface area (Å²) in [6.07, 6.45) is 9.77. The van der Waals surface area contributed by atoms with Crippen LogP contribution < -0.4 is 0 Å². The Labute approximate surface area is 130 Å². The third-order valence-electron chi connectivity index (χ3n) is 3.60. The van der Waals surface area contributed by atoms with Crippen LogP contribution in [0.5, 0.6) is 0 Å². The van der Waals surface area contributed by atoms with Gasteiger partial charge < -0.3 is 9.30 Å². The smallest absolute Gasteiger partial charge is 0.148 e. The number of hydrogen-bond donors (Lipinski definition) is 0. The molecule has 0 aliphatic carbocycles. The van der Waals surface area contributed by atoms with Crippen LogP contribution in [0.2, 0.25) is 5.15 Å². The normalized spacial score (nSPS) is 22.5. The molecule has 0 radical (unpaired) electrons. The Hall–Kier alpha value is -0.910. The van der Waals surface area contributed by atoms with E-state index >= 15 is 0 Å². The van der Waals surface area contributed by atoms with E-state index in [0.717, 1.165) is 41.2 Å². The molecule has 0 amide bonds. The fourth-order valence-electron chi connectivity index (χ4n) is 2.63. The van der Waals surface area contributed by atoms with E-state index in [-0.39, 0.29) is 6.23 Å². The molecule has 1 aliphatic rings. The van der Waals surface area contributed by atoms with Gasteiger partial charge in [-0.2, -0.15) is 0 Å². The number of nitrogens with zero attached hydrogens (tertiary/aromatic N) is 3. The molecule has 0 spiro atoms. The Balaban J connectivity index is 1.88. The molecule has 20 heavy (non-hydrogen) atoms. The number of ether oxygens (including phenoxy) is 1. The molecule has 3 rings (SSSR count). The number of aromatic nitrogens is 3. The highest BCUT2D eigenvalue weighted by Gasteiger charge is 2.28. The molecule has 1 fully saturated rings. The molecule has 0 aromatic carbocycles. The van der Waals surface area contributed by atoms with Crippen molar-refractivity contribution in [1.82, 2.24) is 14.5 Å². The maximum atomic E-state index is 6.13. The molecule has 0 saturated carbocycles. The van der Waals surface area contributed by atoms with Gasteiger partial charge in [-0.05, 0) is 41.6 Å². The fraction of sp³-hybridized carbons (Fsp3) is 0.429. The van der Waals surface area contributed by atoms with Gasteiger partial charge in [0.1, 0.15) is 23.4 Å². The van der Waals surface area contributed by atoms with Crippen LogP contribution in [0.3, 0.4) is 0 Å². The van der Waals surface area contributed by atoms with E-state index in [0.29, 0.717) is 11.3 Å². The zero-order chi connectivity index (χ0) is 14.1. The summed E-state index contributed by atoms with van der Waals surface area (Å²) in [4.78, 5) is 8.36. The van der Waals surface area contributed by atoms with Crippen LogP contribution in [-0.4, -0.2) is 20.6 Å². The number of rotatable bonds is 4. The third-order valence-corrected chi connectivity index (χ3v) is 4.49. The van der Waals surface area contributed by atoms with Crippen molar-refractivity contribution in [2.45, 2.75) is 38.0 Å². The van der Waals surface area contributed by atoms with Gasteiger partial charge in [-0.15, -0.1) is 6.58 Å². The molecular formula is C14H15BrClN3O. The van der Waals surface area contributed by atoms with E-state index in [2.05, 4.69) is 32.5 Å². The summed E-state index contributed by atoms with van der Waals surface area (Å²) >= 11 is 9.65. The molecule has 2 atom stereocenters. The van der Waals surface area contributed by atoms with Crippen LogP contribution >= 0.6 is 27.5 Å². The van der Waals surface area contributed by atoms with E-state index in [1.807, 2.05) is 16.8 Å². The van der Waals surface area contributed by atoms with Crippen LogP contribution in [-0.2, 0) is 4.74 Å². The topological polar surface area (TPSA) is 39.9 Å². The lowest BCUT2D eigenvalue weighted by Gasteiger charge is -2.15. The average molecular weight is 357 g/mol. The lowest BCUT2D eigenvalue weighted by molar-refractivity contribution is 0.00144. The number of hydrogen-bond acceptors (Lipinski definition) is 3. The van der Waals surface area contributed by atoms with Gasteiger partial charge in [0, 0.05) is 10.7 Å². The van der Waals surface area contributed by atoms with Gasteiger partial charge in [0.25, 0.3) is 0 Å². The molecule has 4 nitrogen and oxygen atoms in total. The summed E-state index contributed by atoms with van der Waals surface area (Å²) in [5.41, 5.74) is 0.811. The minimum absolute atomic E-state index is 0.0181. The van der Waals surface area contributed by atoms with Crippen LogP contribution in [0.1, 0.15) is 31.9 Å². The SMILES string of the molecule is C=CCCC1CCC(n2cc(Br)c3c(Cl)ncnc32)O1. The maximum Gasteiger partial charge on any atom is 0.148 e. The van der Waals surface area contributed by atoms with Gasteiger partial charge in [-0.25, -0.2) is 9.97 Å². The fourth-order valence-corrected chi connectivity index (χ4v) is 3.56. The van der Waals surface area contributed by atoms with E-state index in [9.17, 15) is 0 Å². The van der Waals surface area contributed by atoms with E-state index in [1.54, 1.807) is 0 Å². The van der Waals surface area contributed by atoms with Crippen molar-refractivity contribution in [3.63, 3.8) is 0 Å². The molecule has 0 N–H and O–H groups in total. The first-order valence-corrected chi connectivity index (χ1v) is 7.80. The third kappa shape index (κ3) is 2.50. The molecule has 106 valence electrons. The lowest BCUT2D eigenvalue weighted by atomic mass is 10.1. The Morgan fingerprint density at radius 2 is 2.35 bits per heavy atom. The summed E-state index contributed by atoms with van der Waals surface area (Å²) in [6.45, 7) is 3.75. The van der Waals surface area contributed by atoms with Gasteiger partial charge in [-0.3, -0.25) is 0 Å². The minimum atomic E-state index is 0.0181. The second-order valence-electron chi connectivity index (χ2n) is 4.90. The Kier molecular flexibility index (Phi) is 4.10. The minimum Gasteiger partial charge on any atom is -0.355 e. The quantitative estimate of drug-likeness (QED) is 0.598. The van der Waals surface area contributed by atoms with Gasteiger partial charge in [0.2, 0.25) is 0 Å². The van der Waals surface area contributed by atoms with E-state index in [1.165, 1.54) is 6.33 Å². The predicted molar refractivity (Wildman–Crippen MR) is 82.8 cm³/mol. The monoisotopic (exact) mass is 355 g/mol. The molecule has 0 bridgehead atoms. The molecule has 2 aromatic heterocycles. The summed E-state index contributed by atoms with van der Waals surface area (Å²) in [7, 11) is 0. The largest absolute Gasteiger partial charge is 0.355 e. The van der Waals surface area contributed by atoms with Crippen molar-refractivity contribution in [3.8, 4) is 0 Å². The van der Waals surface area contributed by atoms with Crippen molar-refractivity contribution in [2.24, 2.45) is 0 Å². The van der Waals surface area contributed by atoms with Crippen molar-refractivity contribution in [2.75, 3.05) is 0 Å². The molecular weight excluding hydrogens is 342 g/mol. The highest BCUT2D eigenvalue weighted by atomic mass is 79.9. The lowest BCUT2D eigenvalue weighted by Crippen LogP contribution is -2.11. The zero-order valence-corrected chi connectivity index (χ0v) is 13.3. The Morgan fingerprint density at radius 3 is 3.15 bits per heavy atom. The number of fused-ring (bicyclic) bond motifs is 1. The molecule has 6 heteroatoms. The second-order valence-corrected chi connectivity index (χ2v) is 6.12. The first kappa shape index (κ1) is 14.0. The summed E-state index contributed by atoms with van der Waals surface area (Å²) in [5.74, 6) is 0. The Morgan fingerprint density at radius 1 is 1.50 bits per heavy atom. The maximum absolute atomic E-state index is 6.13. The molecule has 2 aromatic rings. The highest BCUT2D eigenvalue weighted by molar-refractivity contribution is 9.10. The van der Waals surface area contributed by atoms with Gasteiger partial charge >= 0.3 is 0 Å². The molecule has 1 aliphatic heterocycles. The van der Waals surface area contributed by atoms with Crippen molar-refractivity contribution in [1.29, 1.82) is 0 Å². The van der Waals surface area contributed by atoms with Gasteiger partial charge in [-0.1, -0.05) is 17.7 Å². The van der Waals surface area contributed by atoms with E-state index in [4.69, 9.17) is 16.3 Å². The standard InChI is InChI=1S/C14H15BrClN3O/c1-2-3-4-9-5-6-11(20-9)19-7-10(15)12-13(16)17-8-18-14(12)19/h2,7-9,11H,1,3-6H2. The van der Waals surface area contributed by atoms with Crippen LogP contribution in [0.25, 0.3) is 11.0 Å². The first-order valence-electron chi connectivity index (χ1n) is 6.63. The van der Waals surface area contributed by atoms with E-state index < -0.39 is 0 Å². The van der Waals surface area contributed by atoms with Crippen LogP contribution in [0, 0.1) is 0 Å². The van der Waals surface area contributed by atoms with Crippen molar-refractivity contribution >= 4 is 38.6 Å². The van der Waals surface area contributed by atoms with Crippen molar-refractivity contribution in [3.05, 3.63) is 34.8 Å². The summed E-state index contributed by atoms with van der Waals surface area (Å²) in [6, 6.07) is 0. The molecule has 2 unspecified atom stereocenters. The summed E-state index contributed by atoms with van der Waals surface area (Å²) < 4.78 is 9.04. The predicted octanol–water partition coefficient (Wildman–Crippen LogP) is 4.49. The number of allylic oxidation sites excluding steroid dienone is 1. The van der Waals surface area contributed by atoms with Gasteiger partial charge in [0.15, 0.2) is 0 Å². The highest BCUT2D eigenvalue weighted by Crippen LogP contribution is 2.37. The van der Waals surface area contributed by atoms with Gasteiger partial charge in [0.05, 0.1) is 11.5 Å². The molecule has 1 saturated heterocycles. The van der Waals surface area contributed by atoms with Crippen LogP contribution in [0.4, 0.5) is 0 Å². The summed E-state index contributed by atoms with van der Waals surface area (Å²) in [5, 5.41) is 1.30.